The highest BCUT2D eigenvalue weighted by atomic mass is 16.5. The molecule has 1 aliphatic rings. The number of benzene rings is 1. The molecule has 0 spiro atoms. The quantitative estimate of drug-likeness (QED) is 0.709. The van der Waals surface area contributed by atoms with E-state index in [9.17, 15) is 0 Å². The third-order valence-corrected chi connectivity index (χ3v) is 3.96. The molecular formula is C18H29NO2. The molecule has 1 saturated carbocycles. The first-order valence-corrected chi connectivity index (χ1v) is 8.19. The molecule has 0 aliphatic heterocycles. The average molecular weight is 291 g/mol. The minimum atomic E-state index is 0.626. The summed E-state index contributed by atoms with van der Waals surface area (Å²) in [7, 11) is 1.72. The van der Waals surface area contributed by atoms with Crippen molar-refractivity contribution in [2.45, 2.75) is 58.7 Å². The molecule has 0 amide bonds. The average Bonchev–Trinajstić information content (AvgIpc) is 3.30. The minimum absolute atomic E-state index is 0.626. The van der Waals surface area contributed by atoms with Gasteiger partial charge in [-0.3, -0.25) is 0 Å². The van der Waals surface area contributed by atoms with Crippen LogP contribution in [0.25, 0.3) is 0 Å². The van der Waals surface area contributed by atoms with Crippen molar-refractivity contribution >= 4 is 0 Å². The highest BCUT2D eigenvalue weighted by Crippen LogP contribution is 2.23. The lowest BCUT2D eigenvalue weighted by Crippen LogP contribution is -2.15. The van der Waals surface area contributed by atoms with E-state index in [0.29, 0.717) is 12.5 Å². The fraction of sp³-hybridized carbons (Fsp3) is 0.667. The van der Waals surface area contributed by atoms with Gasteiger partial charge in [0.15, 0.2) is 0 Å². The van der Waals surface area contributed by atoms with Crippen molar-refractivity contribution in [2.24, 2.45) is 5.92 Å². The summed E-state index contributed by atoms with van der Waals surface area (Å²) in [6, 6.07) is 7.13. The van der Waals surface area contributed by atoms with E-state index in [-0.39, 0.29) is 0 Å². The molecule has 2 rings (SSSR count). The summed E-state index contributed by atoms with van der Waals surface area (Å²) in [5.41, 5.74) is 2.46. The van der Waals surface area contributed by atoms with Crippen molar-refractivity contribution in [3.05, 3.63) is 29.3 Å². The maximum Gasteiger partial charge on any atom is 0.124 e. The largest absolute Gasteiger partial charge is 0.496 e. The van der Waals surface area contributed by atoms with Crippen LogP contribution in [0.5, 0.6) is 5.75 Å². The van der Waals surface area contributed by atoms with Crippen molar-refractivity contribution in [2.75, 3.05) is 13.7 Å². The van der Waals surface area contributed by atoms with E-state index < -0.39 is 0 Å². The summed E-state index contributed by atoms with van der Waals surface area (Å²) < 4.78 is 11.3. The molecule has 118 valence electrons. The molecule has 1 atom stereocenters. The Hall–Kier alpha value is -1.06. The Kier molecular flexibility index (Phi) is 6.52. The SMILES string of the molecule is CCCC(C)COCc1cc(CNC2CC2)ccc1OC. The van der Waals surface area contributed by atoms with E-state index in [4.69, 9.17) is 9.47 Å². The highest BCUT2D eigenvalue weighted by molar-refractivity contribution is 5.37. The topological polar surface area (TPSA) is 30.5 Å². The van der Waals surface area contributed by atoms with Crippen molar-refractivity contribution < 1.29 is 9.47 Å². The number of rotatable bonds is 10. The van der Waals surface area contributed by atoms with Crippen LogP contribution in [0.1, 0.15) is 50.7 Å². The van der Waals surface area contributed by atoms with Crippen LogP contribution in [-0.2, 0) is 17.9 Å². The van der Waals surface area contributed by atoms with E-state index in [2.05, 4.69) is 37.4 Å². The van der Waals surface area contributed by atoms with E-state index in [1.165, 1.54) is 31.2 Å². The van der Waals surface area contributed by atoms with Gasteiger partial charge in [-0.25, -0.2) is 0 Å². The Morgan fingerprint density at radius 3 is 2.81 bits per heavy atom. The van der Waals surface area contributed by atoms with Crippen LogP contribution in [0.15, 0.2) is 18.2 Å². The third-order valence-electron chi connectivity index (χ3n) is 3.96. The van der Waals surface area contributed by atoms with Gasteiger partial charge in [-0.1, -0.05) is 26.3 Å². The zero-order chi connectivity index (χ0) is 15.1. The molecule has 1 aromatic rings. The first-order chi connectivity index (χ1) is 10.2. The number of hydrogen-bond acceptors (Lipinski definition) is 3. The van der Waals surface area contributed by atoms with Gasteiger partial charge < -0.3 is 14.8 Å². The third kappa shape index (κ3) is 5.68. The Morgan fingerprint density at radius 1 is 1.33 bits per heavy atom. The summed E-state index contributed by atoms with van der Waals surface area (Å²) in [6.07, 6.45) is 5.08. The van der Waals surface area contributed by atoms with Crippen LogP contribution in [0.4, 0.5) is 0 Å². The van der Waals surface area contributed by atoms with Gasteiger partial charge in [-0.05, 0) is 42.9 Å². The molecule has 0 heterocycles. The molecule has 1 unspecified atom stereocenters. The Balaban J connectivity index is 1.86. The van der Waals surface area contributed by atoms with Crippen LogP contribution >= 0.6 is 0 Å². The van der Waals surface area contributed by atoms with Crippen LogP contribution in [0.3, 0.4) is 0 Å². The fourth-order valence-corrected chi connectivity index (χ4v) is 2.55. The van der Waals surface area contributed by atoms with Crippen molar-refractivity contribution in [3.8, 4) is 5.75 Å². The van der Waals surface area contributed by atoms with Crippen molar-refractivity contribution in [3.63, 3.8) is 0 Å². The highest BCUT2D eigenvalue weighted by Gasteiger charge is 2.20. The van der Waals surface area contributed by atoms with Crippen molar-refractivity contribution in [1.82, 2.24) is 5.32 Å². The number of ether oxygens (including phenoxy) is 2. The smallest absolute Gasteiger partial charge is 0.124 e. The zero-order valence-electron chi connectivity index (χ0n) is 13.7. The molecule has 1 aliphatic carbocycles. The minimum Gasteiger partial charge on any atom is -0.496 e. The first kappa shape index (κ1) is 16.3. The summed E-state index contributed by atoms with van der Waals surface area (Å²) in [5, 5.41) is 3.55. The van der Waals surface area contributed by atoms with Crippen LogP contribution in [0, 0.1) is 5.92 Å². The molecule has 0 aromatic heterocycles. The van der Waals surface area contributed by atoms with E-state index in [0.717, 1.165) is 30.5 Å². The number of hydrogen-bond donors (Lipinski definition) is 1. The normalized spacial score (nSPS) is 16.0. The standard InChI is InChI=1S/C18H29NO2/c1-4-5-14(2)12-21-13-16-10-15(6-9-18(16)20-3)11-19-17-7-8-17/h6,9-10,14,17,19H,4-5,7-8,11-13H2,1-3H3. The van der Waals surface area contributed by atoms with E-state index in [1.807, 2.05) is 0 Å². The molecule has 0 radical (unpaired) electrons. The van der Waals surface area contributed by atoms with Gasteiger partial charge in [0, 0.05) is 24.8 Å². The maximum absolute atomic E-state index is 5.87. The van der Waals surface area contributed by atoms with Gasteiger partial charge >= 0.3 is 0 Å². The summed E-state index contributed by atoms with van der Waals surface area (Å²) >= 11 is 0. The summed E-state index contributed by atoms with van der Waals surface area (Å²) in [5.74, 6) is 1.55. The Bertz CT molecular complexity index is 429. The first-order valence-electron chi connectivity index (χ1n) is 8.19. The predicted molar refractivity (Wildman–Crippen MR) is 86.6 cm³/mol. The molecular weight excluding hydrogens is 262 g/mol. The van der Waals surface area contributed by atoms with Gasteiger partial charge in [0.05, 0.1) is 13.7 Å². The molecule has 0 saturated heterocycles. The second-order valence-electron chi connectivity index (χ2n) is 6.21. The number of methoxy groups -OCH3 is 1. The van der Waals surface area contributed by atoms with Crippen LogP contribution in [-0.4, -0.2) is 19.8 Å². The summed E-state index contributed by atoms with van der Waals surface area (Å²) in [4.78, 5) is 0. The monoisotopic (exact) mass is 291 g/mol. The zero-order valence-corrected chi connectivity index (χ0v) is 13.7. The second kappa shape index (κ2) is 8.40. The Labute approximate surface area is 129 Å². The van der Waals surface area contributed by atoms with E-state index in [1.54, 1.807) is 7.11 Å². The van der Waals surface area contributed by atoms with Crippen LogP contribution in [0.2, 0.25) is 0 Å². The second-order valence-corrected chi connectivity index (χ2v) is 6.21. The van der Waals surface area contributed by atoms with E-state index >= 15 is 0 Å². The molecule has 0 bridgehead atoms. The Morgan fingerprint density at radius 2 is 2.14 bits per heavy atom. The molecule has 3 heteroatoms. The summed E-state index contributed by atoms with van der Waals surface area (Å²) in [6.45, 7) is 6.86. The van der Waals surface area contributed by atoms with Crippen molar-refractivity contribution in [1.29, 1.82) is 0 Å². The lowest BCUT2D eigenvalue weighted by Gasteiger charge is -2.14. The molecule has 21 heavy (non-hydrogen) atoms. The van der Waals surface area contributed by atoms with Gasteiger partial charge in [0.2, 0.25) is 0 Å². The van der Waals surface area contributed by atoms with Crippen LogP contribution < -0.4 is 10.1 Å². The molecule has 1 aromatic carbocycles. The maximum atomic E-state index is 5.87. The molecule has 1 fully saturated rings. The lowest BCUT2D eigenvalue weighted by atomic mass is 10.1. The lowest BCUT2D eigenvalue weighted by molar-refractivity contribution is 0.0879. The predicted octanol–water partition coefficient (Wildman–Crippen LogP) is 3.90. The molecule has 1 N–H and O–H groups in total. The van der Waals surface area contributed by atoms with Gasteiger partial charge in [-0.2, -0.15) is 0 Å². The number of nitrogens with one attached hydrogen (secondary N) is 1. The van der Waals surface area contributed by atoms with Gasteiger partial charge in [0.1, 0.15) is 5.75 Å². The van der Waals surface area contributed by atoms with Gasteiger partial charge in [0.25, 0.3) is 0 Å². The fourth-order valence-electron chi connectivity index (χ4n) is 2.55. The van der Waals surface area contributed by atoms with Gasteiger partial charge in [-0.15, -0.1) is 0 Å². The molecule has 3 nitrogen and oxygen atoms in total.